The van der Waals surface area contributed by atoms with Crippen LogP contribution in [-0.4, -0.2) is 43.4 Å². The SMILES string of the molecule is CC[C@@H](CO)NC(=O)c1ccc(-n2cncn2)nc1. The molecule has 1 amide bonds. The van der Waals surface area contributed by atoms with Gasteiger partial charge in [-0.05, 0) is 18.6 Å². The zero-order valence-corrected chi connectivity index (χ0v) is 10.5. The van der Waals surface area contributed by atoms with Crippen molar-refractivity contribution >= 4 is 5.91 Å². The number of rotatable bonds is 5. The van der Waals surface area contributed by atoms with Crippen LogP contribution in [0.1, 0.15) is 23.7 Å². The smallest absolute Gasteiger partial charge is 0.253 e. The van der Waals surface area contributed by atoms with Crippen molar-refractivity contribution in [1.82, 2.24) is 25.1 Å². The van der Waals surface area contributed by atoms with E-state index in [2.05, 4.69) is 20.4 Å². The summed E-state index contributed by atoms with van der Waals surface area (Å²) in [5, 5.41) is 15.7. The van der Waals surface area contributed by atoms with Gasteiger partial charge in [0.15, 0.2) is 5.82 Å². The van der Waals surface area contributed by atoms with Gasteiger partial charge in [0.2, 0.25) is 0 Å². The number of nitrogens with zero attached hydrogens (tertiary/aromatic N) is 4. The summed E-state index contributed by atoms with van der Waals surface area (Å²) in [7, 11) is 0. The monoisotopic (exact) mass is 261 g/mol. The molecule has 0 spiro atoms. The van der Waals surface area contributed by atoms with Crippen molar-refractivity contribution in [3.63, 3.8) is 0 Å². The first kappa shape index (κ1) is 13.2. The molecule has 19 heavy (non-hydrogen) atoms. The van der Waals surface area contributed by atoms with Gasteiger partial charge < -0.3 is 10.4 Å². The molecule has 7 nitrogen and oxygen atoms in total. The minimum absolute atomic E-state index is 0.0767. The van der Waals surface area contributed by atoms with E-state index in [4.69, 9.17) is 5.11 Å². The Morgan fingerprint density at radius 3 is 2.89 bits per heavy atom. The summed E-state index contributed by atoms with van der Waals surface area (Å²) >= 11 is 0. The van der Waals surface area contributed by atoms with Gasteiger partial charge in [-0.1, -0.05) is 6.92 Å². The van der Waals surface area contributed by atoms with Crippen LogP contribution in [0.15, 0.2) is 31.0 Å². The third kappa shape index (κ3) is 3.14. The molecule has 0 saturated carbocycles. The van der Waals surface area contributed by atoms with Gasteiger partial charge in [-0.2, -0.15) is 5.10 Å². The maximum Gasteiger partial charge on any atom is 0.253 e. The van der Waals surface area contributed by atoms with Crippen LogP contribution < -0.4 is 5.32 Å². The lowest BCUT2D eigenvalue weighted by Crippen LogP contribution is -2.36. The quantitative estimate of drug-likeness (QED) is 0.800. The van der Waals surface area contributed by atoms with E-state index in [1.54, 1.807) is 12.1 Å². The van der Waals surface area contributed by atoms with Gasteiger partial charge in [0, 0.05) is 6.20 Å². The van der Waals surface area contributed by atoms with Gasteiger partial charge in [0.05, 0.1) is 18.2 Å². The van der Waals surface area contributed by atoms with E-state index in [0.29, 0.717) is 17.8 Å². The molecule has 1 atom stereocenters. The zero-order chi connectivity index (χ0) is 13.7. The fourth-order valence-electron chi connectivity index (χ4n) is 1.53. The number of pyridine rings is 1. The van der Waals surface area contributed by atoms with E-state index in [1.807, 2.05) is 6.92 Å². The second kappa shape index (κ2) is 6.05. The number of nitrogens with one attached hydrogen (secondary N) is 1. The van der Waals surface area contributed by atoms with Crippen LogP contribution in [0.25, 0.3) is 5.82 Å². The standard InChI is InChI=1S/C12H15N5O2/c1-2-10(6-18)16-12(19)9-3-4-11(14-5-9)17-8-13-7-15-17/h3-5,7-8,10,18H,2,6H2,1H3,(H,16,19)/t10-/m0/s1. The Bertz CT molecular complexity index is 520. The highest BCUT2D eigenvalue weighted by Crippen LogP contribution is 2.04. The largest absolute Gasteiger partial charge is 0.394 e. The average molecular weight is 261 g/mol. The van der Waals surface area contributed by atoms with Crippen molar-refractivity contribution in [2.75, 3.05) is 6.61 Å². The Kier molecular flexibility index (Phi) is 4.19. The summed E-state index contributed by atoms with van der Waals surface area (Å²) in [5.41, 5.74) is 0.441. The van der Waals surface area contributed by atoms with Crippen molar-refractivity contribution in [2.45, 2.75) is 19.4 Å². The molecule has 0 fully saturated rings. The van der Waals surface area contributed by atoms with E-state index >= 15 is 0 Å². The van der Waals surface area contributed by atoms with Crippen LogP contribution in [0, 0.1) is 0 Å². The lowest BCUT2D eigenvalue weighted by molar-refractivity contribution is 0.0914. The summed E-state index contributed by atoms with van der Waals surface area (Å²) < 4.78 is 1.50. The normalized spacial score (nSPS) is 12.1. The van der Waals surface area contributed by atoms with Gasteiger partial charge in [0.1, 0.15) is 12.7 Å². The molecule has 2 heterocycles. The van der Waals surface area contributed by atoms with Gasteiger partial charge in [-0.25, -0.2) is 14.6 Å². The van der Waals surface area contributed by atoms with Crippen molar-refractivity contribution < 1.29 is 9.90 Å². The first-order valence-corrected chi connectivity index (χ1v) is 5.97. The molecule has 0 radical (unpaired) electrons. The average Bonchev–Trinajstić information content (AvgIpc) is 2.99. The summed E-state index contributed by atoms with van der Waals surface area (Å²) in [4.78, 5) is 19.8. The topological polar surface area (TPSA) is 92.9 Å². The molecule has 2 aromatic heterocycles. The number of aliphatic hydroxyl groups excluding tert-OH is 1. The van der Waals surface area contributed by atoms with Gasteiger partial charge in [0.25, 0.3) is 5.91 Å². The molecule has 0 aliphatic heterocycles. The Balaban J connectivity index is 2.08. The zero-order valence-electron chi connectivity index (χ0n) is 10.5. The number of amides is 1. The molecular formula is C12H15N5O2. The van der Waals surface area contributed by atoms with Crippen LogP contribution in [0.4, 0.5) is 0 Å². The van der Waals surface area contributed by atoms with E-state index in [-0.39, 0.29) is 18.6 Å². The van der Waals surface area contributed by atoms with Crippen molar-refractivity contribution in [1.29, 1.82) is 0 Å². The first-order chi connectivity index (χ1) is 9.24. The van der Waals surface area contributed by atoms with Crippen LogP contribution in [0.5, 0.6) is 0 Å². The Hall–Kier alpha value is -2.28. The van der Waals surface area contributed by atoms with Crippen LogP contribution >= 0.6 is 0 Å². The maximum atomic E-state index is 11.9. The number of carbonyl (C=O) groups is 1. The minimum atomic E-state index is -0.251. The molecule has 0 unspecified atom stereocenters. The Morgan fingerprint density at radius 2 is 2.37 bits per heavy atom. The molecular weight excluding hydrogens is 246 g/mol. The molecule has 2 N–H and O–H groups in total. The predicted molar refractivity (Wildman–Crippen MR) is 67.8 cm³/mol. The van der Waals surface area contributed by atoms with Crippen LogP contribution in [0.3, 0.4) is 0 Å². The van der Waals surface area contributed by atoms with Crippen molar-refractivity contribution in [2.24, 2.45) is 0 Å². The molecule has 0 aliphatic carbocycles. The molecule has 7 heteroatoms. The highest BCUT2D eigenvalue weighted by atomic mass is 16.3. The third-order valence-corrected chi connectivity index (χ3v) is 2.71. The summed E-state index contributed by atoms with van der Waals surface area (Å²) in [6.45, 7) is 1.82. The molecule has 0 aliphatic rings. The molecule has 2 aromatic rings. The molecule has 0 aromatic carbocycles. The number of aliphatic hydroxyl groups is 1. The molecule has 100 valence electrons. The lowest BCUT2D eigenvalue weighted by atomic mass is 10.2. The summed E-state index contributed by atoms with van der Waals surface area (Å²) in [6.07, 6.45) is 5.08. The van der Waals surface area contributed by atoms with Gasteiger partial charge in [-0.15, -0.1) is 0 Å². The van der Waals surface area contributed by atoms with E-state index in [0.717, 1.165) is 0 Å². The maximum absolute atomic E-state index is 11.9. The Morgan fingerprint density at radius 1 is 1.53 bits per heavy atom. The fourth-order valence-corrected chi connectivity index (χ4v) is 1.53. The highest BCUT2D eigenvalue weighted by molar-refractivity contribution is 5.94. The fraction of sp³-hybridized carbons (Fsp3) is 0.333. The Labute approximate surface area is 110 Å². The number of carbonyl (C=O) groups excluding carboxylic acids is 1. The van der Waals surface area contributed by atoms with Gasteiger partial charge >= 0.3 is 0 Å². The first-order valence-electron chi connectivity index (χ1n) is 5.97. The second-order valence-corrected chi connectivity index (χ2v) is 4.01. The van der Waals surface area contributed by atoms with E-state index < -0.39 is 0 Å². The van der Waals surface area contributed by atoms with Crippen LogP contribution in [0.2, 0.25) is 0 Å². The number of hydrogen-bond acceptors (Lipinski definition) is 5. The lowest BCUT2D eigenvalue weighted by Gasteiger charge is -2.13. The molecule has 2 rings (SSSR count). The molecule has 0 saturated heterocycles. The number of hydrogen-bond donors (Lipinski definition) is 2. The van der Waals surface area contributed by atoms with Crippen molar-refractivity contribution in [3.8, 4) is 5.82 Å². The van der Waals surface area contributed by atoms with Crippen LogP contribution in [-0.2, 0) is 0 Å². The van der Waals surface area contributed by atoms with E-state index in [9.17, 15) is 4.79 Å². The predicted octanol–water partition coefficient (Wildman–Crippen LogP) is 0.163. The second-order valence-electron chi connectivity index (χ2n) is 4.01. The summed E-state index contributed by atoms with van der Waals surface area (Å²) in [5.74, 6) is 0.335. The summed E-state index contributed by atoms with van der Waals surface area (Å²) in [6, 6.07) is 3.11. The highest BCUT2D eigenvalue weighted by Gasteiger charge is 2.11. The number of aromatic nitrogens is 4. The van der Waals surface area contributed by atoms with Crippen molar-refractivity contribution in [3.05, 3.63) is 36.5 Å². The third-order valence-electron chi connectivity index (χ3n) is 2.71. The minimum Gasteiger partial charge on any atom is -0.394 e. The van der Waals surface area contributed by atoms with E-state index in [1.165, 1.54) is 23.5 Å². The molecule has 0 bridgehead atoms. The van der Waals surface area contributed by atoms with Gasteiger partial charge in [-0.3, -0.25) is 4.79 Å².